The van der Waals surface area contributed by atoms with Crippen LogP contribution in [0.5, 0.6) is 5.75 Å². The zero-order valence-electron chi connectivity index (χ0n) is 18.7. The Bertz CT molecular complexity index is 802. The molecule has 2 rings (SSSR count). The van der Waals surface area contributed by atoms with Gasteiger partial charge in [0.1, 0.15) is 17.6 Å². The van der Waals surface area contributed by atoms with Crippen molar-refractivity contribution in [1.82, 2.24) is 4.90 Å². The molecule has 182 valence electrons. The normalized spacial score (nSPS) is 22.9. The second kappa shape index (κ2) is 12.9. The number of carbonyl (C=O) groups is 4. The third-order valence-electron chi connectivity index (χ3n) is 5.62. The van der Waals surface area contributed by atoms with Gasteiger partial charge in [-0.3, -0.25) is 24.1 Å². The van der Waals surface area contributed by atoms with Crippen molar-refractivity contribution in [3.63, 3.8) is 0 Å². The minimum absolute atomic E-state index is 0.0226. The number of aromatic hydroxyl groups is 1. The number of benzene rings is 1. The summed E-state index contributed by atoms with van der Waals surface area (Å²) < 4.78 is 10.3. The molecule has 0 aliphatic heterocycles. The fraction of sp³-hybridized carbons (Fsp3) is 0.565. The van der Waals surface area contributed by atoms with Gasteiger partial charge in [-0.2, -0.15) is 0 Å². The summed E-state index contributed by atoms with van der Waals surface area (Å²) in [6.45, 7) is 3.99. The molecular weight excluding hydrogens is 473 g/mol. The van der Waals surface area contributed by atoms with E-state index in [9.17, 15) is 24.3 Å². The summed E-state index contributed by atoms with van der Waals surface area (Å²) in [6.07, 6.45) is 0. The van der Waals surface area contributed by atoms with Gasteiger partial charge in [0, 0.05) is 37.3 Å². The maximum absolute atomic E-state index is 13.6. The molecule has 0 bridgehead atoms. The van der Waals surface area contributed by atoms with Crippen LogP contribution in [0.15, 0.2) is 24.3 Å². The number of halogens is 2. The molecule has 1 aliphatic carbocycles. The lowest BCUT2D eigenvalue weighted by molar-refractivity contribution is -0.164. The van der Waals surface area contributed by atoms with E-state index in [-0.39, 0.29) is 37.3 Å². The number of hydrogen-bond donors (Lipinski definition) is 1. The highest BCUT2D eigenvalue weighted by Gasteiger charge is 2.56. The molecular formula is C23H29Cl2NO7. The van der Waals surface area contributed by atoms with Crippen LogP contribution in [0, 0.1) is 17.8 Å². The fourth-order valence-corrected chi connectivity index (χ4v) is 4.64. The molecule has 0 aromatic heterocycles. The van der Waals surface area contributed by atoms with Gasteiger partial charge in [0.25, 0.3) is 0 Å². The summed E-state index contributed by atoms with van der Waals surface area (Å²) in [5.41, 5.74) is 0.377. The molecule has 1 saturated carbocycles. The molecule has 1 aromatic carbocycles. The van der Waals surface area contributed by atoms with Crippen molar-refractivity contribution in [3.8, 4) is 5.75 Å². The topological polar surface area (TPSA) is 110 Å². The molecule has 10 heteroatoms. The zero-order valence-corrected chi connectivity index (χ0v) is 20.2. The van der Waals surface area contributed by atoms with Crippen molar-refractivity contribution in [2.45, 2.75) is 19.8 Å². The Labute approximate surface area is 203 Å². The molecule has 0 heterocycles. The van der Waals surface area contributed by atoms with E-state index < -0.39 is 47.2 Å². The van der Waals surface area contributed by atoms with Crippen molar-refractivity contribution in [2.24, 2.45) is 17.8 Å². The third kappa shape index (κ3) is 6.46. The van der Waals surface area contributed by atoms with E-state index >= 15 is 0 Å². The van der Waals surface area contributed by atoms with Gasteiger partial charge in [-0.15, -0.1) is 23.2 Å². The molecule has 8 nitrogen and oxygen atoms in total. The quantitative estimate of drug-likeness (QED) is 0.279. The van der Waals surface area contributed by atoms with Crippen molar-refractivity contribution < 1.29 is 33.8 Å². The van der Waals surface area contributed by atoms with Gasteiger partial charge in [-0.25, -0.2) is 0 Å². The Kier molecular flexibility index (Phi) is 10.6. The predicted molar refractivity (Wildman–Crippen MR) is 122 cm³/mol. The van der Waals surface area contributed by atoms with Crippen LogP contribution in [0.25, 0.3) is 0 Å². The standard InChI is InChI=1S/C23H29Cl2NO7/c1-3-32-22(30)18-17(14-5-7-15(27)8-6-14)19(23(31)33-4-2)21(29)16(20(18)28)13-26(11-9-24)12-10-25/h5-8,16-19,27H,3-4,9-13H2,1-2H3/t16?,17?,18-,19-/m0/s1. The second-order valence-electron chi connectivity index (χ2n) is 7.61. The molecule has 1 aromatic rings. The van der Waals surface area contributed by atoms with E-state index in [1.54, 1.807) is 18.7 Å². The van der Waals surface area contributed by atoms with Crippen molar-refractivity contribution in [2.75, 3.05) is 44.6 Å². The number of esters is 2. The summed E-state index contributed by atoms with van der Waals surface area (Å²) in [5, 5.41) is 9.68. The fourth-order valence-electron chi connectivity index (χ4n) is 4.16. The van der Waals surface area contributed by atoms with Crippen LogP contribution in [-0.2, 0) is 28.7 Å². The Hall–Kier alpha value is -2.16. The molecule has 1 fully saturated rings. The van der Waals surface area contributed by atoms with Gasteiger partial charge < -0.3 is 14.6 Å². The lowest BCUT2D eigenvalue weighted by Gasteiger charge is -2.39. The first-order valence-corrected chi connectivity index (χ1v) is 11.9. The van der Waals surface area contributed by atoms with Gasteiger partial charge in [0.2, 0.25) is 0 Å². The number of Topliss-reactive ketones (excluding diaryl/α,β-unsaturated/α-hetero) is 2. The monoisotopic (exact) mass is 501 g/mol. The second-order valence-corrected chi connectivity index (χ2v) is 8.37. The van der Waals surface area contributed by atoms with Crippen LogP contribution in [0.1, 0.15) is 25.3 Å². The summed E-state index contributed by atoms with van der Waals surface area (Å²) in [5.74, 6) is -7.53. The maximum Gasteiger partial charge on any atom is 0.317 e. The SMILES string of the molecule is CCOC(=O)[C@@H]1C(=O)C(CN(CCCl)CCCl)C(=O)[C@@H](C(=O)OCC)C1c1ccc(O)cc1. The first-order valence-electron chi connectivity index (χ1n) is 10.8. The van der Waals surface area contributed by atoms with Crippen LogP contribution < -0.4 is 0 Å². The van der Waals surface area contributed by atoms with Gasteiger partial charge in [-0.05, 0) is 31.5 Å². The first kappa shape index (κ1) is 27.1. The van der Waals surface area contributed by atoms with Crippen molar-refractivity contribution in [1.29, 1.82) is 0 Å². The number of ether oxygens (including phenoxy) is 2. The average Bonchev–Trinajstić information content (AvgIpc) is 2.77. The van der Waals surface area contributed by atoms with Crippen LogP contribution in [0.2, 0.25) is 0 Å². The summed E-state index contributed by atoms with van der Waals surface area (Å²) in [4.78, 5) is 54.8. The Morgan fingerprint density at radius 3 is 1.76 bits per heavy atom. The average molecular weight is 502 g/mol. The number of alkyl halides is 2. The highest BCUT2D eigenvalue weighted by atomic mass is 35.5. The minimum Gasteiger partial charge on any atom is -0.508 e. The lowest BCUT2D eigenvalue weighted by atomic mass is 9.63. The molecule has 0 amide bonds. The van der Waals surface area contributed by atoms with Gasteiger partial charge in [0.05, 0.1) is 19.1 Å². The number of phenolic OH excluding ortho intramolecular Hbond substituents is 1. The van der Waals surface area contributed by atoms with Gasteiger partial charge >= 0.3 is 11.9 Å². The molecule has 1 N–H and O–H groups in total. The van der Waals surface area contributed by atoms with Crippen molar-refractivity contribution >= 4 is 46.7 Å². The molecule has 33 heavy (non-hydrogen) atoms. The lowest BCUT2D eigenvalue weighted by Crippen LogP contribution is -2.55. The third-order valence-corrected chi connectivity index (χ3v) is 5.96. The molecule has 0 spiro atoms. The van der Waals surface area contributed by atoms with E-state index in [0.29, 0.717) is 18.7 Å². The van der Waals surface area contributed by atoms with E-state index in [0.717, 1.165) is 0 Å². The molecule has 2 atom stereocenters. The predicted octanol–water partition coefficient (Wildman–Crippen LogP) is 2.38. The summed E-state index contributed by atoms with van der Waals surface area (Å²) in [7, 11) is 0. The Balaban J connectivity index is 2.59. The molecule has 1 aliphatic rings. The smallest absolute Gasteiger partial charge is 0.317 e. The highest BCUT2D eigenvalue weighted by molar-refractivity contribution is 6.19. The molecule has 0 radical (unpaired) electrons. The van der Waals surface area contributed by atoms with E-state index in [2.05, 4.69) is 0 Å². The maximum atomic E-state index is 13.6. The van der Waals surface area contributed by atoms with E-state index in [1.807, 2.05) is 0 Å². The van der Waals surface area contributed by atoms with Crippen LogP contribution in [-0.4, -0.2) is 78.1 Å². The largest absolute Gasteiger partial charge is 0.508 e. The highest BCUT2D eigenvalue weighted by Crippen LogP contribution is 2.43. The molecule has 0 saturated heterocycles. The van der Waals surface area contributed by atoms with E-state index in [1.165, 1.54) is 24.3 Å². The van der Waals surface area contributed by atoms with E-state index in [4.69, 9.17) is 32.7 Å². The Morgan fingerprint density at radius 1 is 0.909 bits per heavy atom. The summed E-state index contributed by atoms with van der Waals surface area (Å²) in [6, 6.07) is 5.69. The number of carbonyl (C=O) groups excluding carboxylic acids is 4. The summed E-state index contributed by atoms with van der Waals surface area (Å²) >= 11 is 11.7. The van der Waals surface area contributed by atoms with Crippen LogP contribution in [0.4, 0.5) is 0 Å². The van der Waals surface area contributed by atoms with Crippen LogP contribution >= 0.6 is 23.2 Å². The number of hydrogen-bond acceptors (Lipinski definition) is 8. The number of nitrogens with zero attached hydrogens (tertiary/aromatic N) is 1. The van der Waals surface area contributed by atoms with Gasteiger partial charge in [0.15, 0.2) is 11.6 Å². The number of ketones is 2. The van der Waals surface area contributed by atoms with Crippen LogP contribution in [0.3, 0.4) is 0 Å². The Morgan fingerprint density at radius 2 is 1.36 bits per heavy atom. The van der Waals surface area contributed by atoms with Gasteiger partial charge in [-0.1, -0.05) is 12.1 Å². The first-order chi connectivity index (χ1) is 15.8. The van der Waals surface area contributed by atoms with Crippen molar-refractivity contribution in [3.05, 3.63) is 29.8 Å². The number of rotatable bonds is 11. The molecule has 0 unspecified atom stereocenters. The zero-order chi connectivity index (χ0) is 24.5. The number of phenols is 1. The minimum atomic E-state index is -1.39.